The number of aryl methyl sites for hydroxylation is 2. The van der Waals surface area contributed by atoms with Gasteiger partial charge in [-0.25, -0.2) is 0 Å². The van der Waals surface area contributed by atoms with Crippen molar-refractivity contribution in [3.8, 4) is 55.6 Å². The number of ketones is 2. The van der Waals surface area contributed by atoms with Crippen molar-refractivity contribution in [3.05, 3.63) is 269 Å². The maximum Gasteiger partial charge on any atom is 0.494 e. The molecule has 12 aromatic rings. The van der Waals surface area contributed by atoms with Gasteiger partial charge in [-0.2, -0.15) is 0 Å². The minimum atomic E-state index is -0.358. The van der Waals surface area contributed by atoms with Crippen molar-refractivity contribution in [2.75, 3.05) is 0 Å². The maximum absolute atomic E-state index is 12.0. The summed E-state index contributed by atoms with van der Waals surface area (Å²) in [6, 6.07) is 86.1. The molecule has 1 heterocycles. The van der Waals surface area contributed by atoms with Crippen LogP contribution in [0.1, 0.15) is 72.4 Å². The SMILES string of the molecule is CC1(C)OB(c2ccc(-c3c4ccccc4c(-c4ccccc4)c4ccccc34)cc2)OC1(C)C.O=C1CCc2cc(-c3ccc(-c4c5ccccc5c(-c5ccccc5)c5ccccc45)cc3)ccc21.O=C1CCc2cc(Br)ccc21. The van der Waals surface area contributed by atoms with Crippen LogP contribution in [-0.2, 0) is 22.2 Å². The van der Waals surface area contributed by atoms with Crippen LogP contribution in [0.3, 0.4) is 0 Å². The van der Waals surface area contributed by atoms with Gasteiger partial charge in [0.2, 0.25) is 0 Å². The summed E-state index contributed by atoms with van der Waals surface area (Å²) in [6.07, 6.45) is 3.09. The van der Waals surface area contributed by atoms with Crippen LogP contribution >= 0.6 is 15.9 Å². The third kappa shape index (κ3) is 9.79. The standard InChI is InChI=1S/C35H24O.C32H29BO2.C9H7BrO/c36-33-21-19-27-22-26(18-20-28(27)33)23-14-16-25(17-15-23)35-31-12-6-4-10-29(31)34(24-8-2-1-3-9-24)30-11-5-7-13-32(30)35;1-31(2)32(3,4)35-33(34-31)24-20-18-23(19-21-24)30-27-16-10-8-14-25(27)29(22-12-6-5-7-13-22)26-15-9-11-17-28(26)30;10-7-2-3-8-6(5-7)1-4-9(8)11/h1-18,20,22H,19,21H2;5-21H,1-4H3;2-3,5H,1,4H2. The zero-order valence-corrected chi connectivity index (χ0v) is 48.1. The summed E-state index contributed by atoms with van der Waals surface area (Å²) in [5.41, 5.74) is 16.8. The fourth-order valence-corrected chi connectivity index (χ4v) is 12.8. The second kappa shape index (κ2) is 21.8. The van der Waals surface area contributed by atoms with Gasteiger partial charge < -0.3 is 9.31 Å². The smallest absolute Gasteiger partial charge is 0.399 e. The Balaban J connectivity index is 0.000000130. The summed E-state index contributed by atoms with van der Waals surface area (Å²) in [4.78, 5) is 23.2. The number of carbonyl (C=O) groups is 2. The second-order valence-electron chi connectivity index (χ2n) is 22.7. The molecule has 1 aliphatic heterocycles. The summed E-state index contributed by atoms with van der Waals surface area (Å²) in [5.74, 6) is 0.553. The van der Waals surface area contributed by atoms with Gasteiger partial charge in [0.25, 0.3) is 0 Å². The van der Waals surface area contributed by atoms with Gasteiger partial charge in [0.1, 0.15) is 0 Å². The van der Waals surface area contributed by atoms with Crippen LogP contribution in [0.25, 0.3) is 98.7 Å². The highest BCUT2D eigenvalue weighted by Crippen LogP contribution is 2.46. The highest BCUT2D eigenvalue weighted by atomic mass is 79.9. The van der Waals surface area contributed by atoms with Crippen molar-refractivity contribution < 1.29 is 18.9 Å². The molecular weight excluding hydrogens is 1070 g/mol. The predicted molar refractivity (Wildman–Crippen MR) is 345 cm³/mol. The largest absolute Gasteiger partial charge is 0.494 e. The van der Waals surface area contributed by atoms with Gasteiger partial charge >= 0.3 is 7.12 Å². The Labute approximate surface area is 488 Å². The maximum atomic E-state index is 12.0. The van der Waals surface area contributed by atoms with E-state index in [0.29, 0.717) is 12.8 Å². The lowest BCUT2D eigenvalue weighted by molar-refractivity contribution is 0.00578. The molecule has 0 atom stereocenters. The van der Waals surface area contributed by atoms with E-state index in [4.69, 9.17) is 9.31 Å². The van der Waals surface area contributed by atoms with E-state index in [1.807, 2.05) is 24.3 Å². The average Bonchev–Trinajstić information content (AvgIpc) is 3.26. The van der Waals surface area contributed by atoms with Gasteiger partial charge in [0.15, 0.2) is 11.6 Å². The van der Waals surface area contributed by atoms with E-state index in [9.17, 15) is 9.59 Å². The zero-order valence-electron chi connectivity index (χ0n) is 46.5. The molecule has 0 amide bonds. The first-order valence-corrected chi connectivity index (χ1v) is 29.2. The van der Waals surface area contributed by atoms with E-state index >= 15 is 0 Å². The summed E-state index contributed by atoms with van der Waals surface area (Å²) < 4.78 is 13.6. The Kier molecular flexibility index (Phi) is 14.0. The summed E-state index contributed by atoms with van der Waals surface area (Å²) in [6.45, 7) is 8.36. The minimum Gasteiger partial charge on any atom is -0.399 e. The van der Waals surface area contributed by atoms with E-state index in [2.05, 4.69) is 262 Å². The summed E-state index contributed by atoms with van der Waals surface area (Å²) in [7, 11) is -0.358. The zero-order chi connectivity index (χ0) is 56.1. The van der Waals surface area contributed by atoms with Crippen LogP contribution in [0.4, 0.5) is 0 Å². The van der Waals surface area contributed by atoms with Crippen LogP contribution in [0, 0.1) is 0 Å². The molecule has 15 rings (SSSR count). The molecule has 4 nitrogen and oxygen atoms in total. The Morgan fingerprint density at radius 2 is 0.634 bits per heavy atom. The Hall–Kier alpha value is -8.52. The molecule has 2 aliphatic carbocycles. The first-order valence-electron chi connectivity index (χ1n) is 28.4. The van der Waals surface area contributed by atoms with Crippen molar-refractivity contribution in [3.63, 3.8) is 0 Å². The molecule has 0 spiro atoms. The molecule has 0 unspecified atom stereocenters. The van der Waals surface area contributed by atoms with Crippen molar-refractivity contribution in [1.29, 1.82) is 0 Å². The van der Waals surface area contributed by atoms with Gasteiger partial charge in [-0.1, -0.05) is 246 Å². The number of fused-ring (bicyclic) bond motifs is 6. The molecule has 12 aromatic carbocycles. The first-order chi connectivity index (χ1) is 39.9. The Morgan fingerprint density at radius 1 is 0.329 bits per heavy atom. The number of carbonyl (C=O) groups excluding carboxylic acids is 2. The quantitative estimate of drug-likeness (QED) is 0.123. The third-order valence-corrected chi connectivity index (χ3v) is 17.7. The second-order valence-corrected chi connectivity index (χ2v) is 23.6. The van der Waals surface area contributed by atoms with E-state index in [1.165, 1.54) is 110 Å². The molecule has 0 saturated carbocycles. The minimum absolute atomic E-state index is 0.268. The van der Waals surface area contributed by atoms with Crippen molar-refractivity contribution in [2.45, 2.75) is 64.6 Å². The third-order valence-electron chi connectivity index (χ3n) is 17.2. The number of hydrogen-bond donors (Lipinski definition) is 0. The lowest BCUT2D eigenvalue weighted by Crippen LogP contribution is -2.41. The Bertz CT molecular complexity index is 4300. The molecule has 1 fully saturated rings. The fraction of sp³-hybridized carbons (Fsp3) is 0.132. The number of rotatable bonds is 6. The number of halogens is 1. The average molecular weight is 1130 g/mol. The fourth-order valence-electron chi connectivity index (χ4n) is 12.4. The molecule has 0 N–H and O–H groups in total. The molecule has 0 radical (unpaired) electrons. The van der Waals surface area contributed by atoms with Crippen LogP contribution in [0.2, 0.25) is 0 Å². The van der Waals surface area contributed by atoms with Gasteiger partial charge in [0, 0.05) is 28.4 Å². The number of Topliss-reactive ketones (excluding diaryl/α,β-unsaturated/α-hetero) is 2. The van der Waals surface area contributed by atoms with Gasteiger partial charge in [-0.15, -0.1) is 0 Å². The molecule has 0 bridgehead atoms. The summed E-state index contributed by atoms with van der Waals surface area (Å²) in [5, 5.41) is 10.1. The lowest BCUT2D eigenvalue weighted by Gasteiger charge is -2.32. The van der Waals surface area contributed by atoms with Crippen molar-refractivity contribution >= 4 is 83.2 Å². The molecular formula is C76H60BBrO4. The van der Waals surface area contributed by atoms with Crippen LogP contribution < -0.4 is 5.46 Å². The van der Waals surface area contributed by atoms with Crippen molar-refractivity contribution in [2.24, 2.45) is 0 Å². The first kappa shape index (κ1) is 52.8. The van der Waals surface area contributed by atoms with Crippen molar-refractivity contribution in [1.82, 2.24) is 0 Å². The molecule has 3 aliphatic rings. The molecule has 1 saturated heterocycles. The molecule has 6 heteroatoms. The highest BCUT2D eigenvalue weighted by molar-refractivity contribution is 9.10. The van der Waals surface area contributed by atoms with E-state index < -0.39 is 0 Å². The van der Waals surface area contributed by atoms with Crippen LogP contribution in [-0.4, -0.2) is 29.9 Å². The normalized spacial score (nSPS) is 14.8. The molecule has 82 heavy (non-hydrogen) atoms. The van der Waals surface area contributed by atoms with Crippen LogP contribution in [0.5, 0.6) is 0 Å². The van der Waals surface area contributed by atoms with Gasteiger partial charge in [0.05, 0.1) is 11.2 Å². The van der Waals surface area contributed by atoms with Crippen LogP contribution in [0.15, 0.2) is 247 Å². The van der Waals surface area contributed by atoms with Gasteiger partial charge in [-0.3, -0.25) is 9.59 Å². The summed E-state index contributed by atoms with van der Waals surface area (Å²) >= 11 is 3.37. The Morgan fingerprint density at radius 3 is 1.02 bits per heavy atom. The van der Waals surface area contributed by atoms with E-state index in [1.54, 1.807) is 0 Å². The number of hydrogen-bond acceptors (Lipinski definition) is 4. The lowest BCUT2D eigenvalue weighted by atomic mass is 9.78. The monoisotopic (exact) mass is 1130 g/mol. The molecule has 0 aromatic heterocycles. The van der Waals surface area contributed by atoms with E-state index in [0.717, 1.165) is 33.9 Å². The molecule has 398 valence electrons. The topological polar surface area (TPSA) is 52.6 Å². The van der Waals surface area contributed by atoms with E-state index in [-0.39, 0.29) is 29.9 Å². The number of benzene rings is 12. The highest BCUT2D eigenvalue weighted by Gasteiger charge is 2.51. The predicted octanol–water partition coefficient (Wildman–Crippen LogP) is 19.3. The van der Waals surface area contributed by atoms with Gasteiger partial charge in [-0.05, 0) is 168 Å².